The summed E-state index contributed by atoms with van der Waals surface area (Å²) >= 11 is 0. The van der Waals surface area contributed by atoms with Crippen LogP contribution in [0.25, 0.3) is 11.4 Å². The smallest absolute Gasteiger partial charge is 0.318 e. The molecule has 2 heterocycles. The summed E-state index contributed by atoms with van der Waals surface area (Å²) in [7, 11) is 1.66. The molecule has 3 aromatic rings. The van der Waals surface area contributed by atoms with Crippen LogP contribution in [0.3, 0.4) is 0 Å². The van der Waals surface area contributed by atoms with Crippen LogP contribution in [0.2, 0.25) is 0 Å². The van der Waals surface area contributed by atoms with Gasteiger partial charge in [-0.05, 0) is 43.3 Å². The molecule has 0 aliphatic rings. The van der Waals surface area contributed by atoms with E-state index in [1.807, 2.05) is 0 Å². The second kappa shape index (κ2) is 7.16. The number of furan rings is 1. The predicted octanol–water partition coefficient (Wildman–Crippen LogP) is 3.37. The van der Waals surface area contributed by atoms with Crippen molar-refractivity contribution < 1.29 is 18.1 Å². The molecule has 3 rings (SSSR count). The lowest BCUT2D eigenvalue weighted by Crippen LogP contribution is -2.38. The van der Waals surface area contributed by atoms with Crippen molar-refractivity contribution in [2.75, 3.05) is 7.05 Å². The minimum Gasteiger partial charge on any atom is -0.467 e. The van der Waals surface area contributed by atoms with Crippen molar-refractivity contribution >= 4 is 6.03 Å². The molecule has 0 spiro atoms. The summed E-state index contributed by atoms with van der Waals surface area (Å²) in [6, 6.07) is 8.53. The van der Waals surface area contributed by atoms with E-state index >= 15 is 0 Å². The molecule has 7 nitrogen and oxygen atoms in total. The number of nitrogens with zero attached hydrogens (tertiary/aromatic N) is 3. The van der Waals surface area contributed by atoms with Crippen molar-refractivity contribution in [3.8, 4) is 11.4 Å². The molecule has 0 fully saturated rings. The first-order valence-electron chi connectivity index (χ1n) is 7.66. The number of halogens is 1. The third-order valence-corrected chi connectivity index (χ3v) is 3.57. The van der Waals surface area contributed by atoms with Crippen molar-refractivity contribution in [3.63, 3.8) is 0 Å². The lowest BCUT2D eigenvalue weighted by molar-refractivity contribution is 0.196. The molecule has 0 aliphatic heterocycles. The fourth-order valence-electron chi connectivity index (χ4n) is 2.19. The molecule has 2 amide bonds. The zero-order chi connectivity index (χ0) is 17.8. The summed E-state index contributed by atoms with van der Waals surface area (Å²) in [5, 5.41) is 6.63. The van der Waals surface area contributed by atoms with Gasteiger partial charge in [0, 0.05) is 12.6 Å². The Labute approximate surface area is 143 Å². The third-order valence-electron chi connectivity index (χ3n) is 3.57. The zero-order valence-corrected chi connectivity index (χ0v) is 13.8. The van der Waals surface area contributed by atoms with E-state index in [1.165, 1.54) is 17.0 Å². The maximum atomic E-state index is 13.0. The number of urea groups is 1. The number of carbonyl (C=O) groups excluding carboxylic acids is 1. The Balaban J connectivity index is 1.62. The van der Waals surface area contributed by atoms with Crippen LogP contribution in [0.1, 0.15) is 24.6 Å². The fraction of sp³-hybridized carbons (Fsp3) is 0.235. The molecule has 2 aromatic heterocycles. The van der Waals surface area contributed by atoms with Crippen molar-refractivity contribution in [2.45, 2.75) is 19.5 Å². The van der Waals surface area contributed by atoms with Crippen LogP contribution in [0, 0.1) is 5.82 Å². The SMILES string of the molecule is C[C@@H](NC(=O)N(C)Cc1ccco1)c1nc(-c2ccc(F)cc2)no1. The van der Waals surface area contributed by atoms with Gasteiger partial charge < -0.3 is 19.2 Å². The molecule has 0 unspecified atom stereocenters. The number of carbonyl (C=O) groups is 1. The van der Waals surface area contributed by atoms with E-state index in [-0.39, 0.29) is 17.7 Å². The van der Waals surface area contributed by atoms with Crippen LogP contribution in [-0.4, -0.2) is 28.1 Å². The van der Waals surface area contributed by atoms with Crippen LogP contribution in [0.15, 0.2) is 51.6 Å². The van der Waals surface area contributed by atoms with Crippen molar-refractivity contribution in [1.82, 2.24) is 20.4 Å². The largest absolute Gasteiger partial charge is 0.467 e. The first-order valence-corrected chi connectivity index (χ1v) is 7.66. The maximum Gasteiger partial charge on any atom is 0.318 e. The lowest BCUT2D eigenvalue weighted by Gasteiger charge is -2.18. The van der Waals surface area contributed by atoms with Crippen molar-refractivity contribution in [1.29, 1.82) is 0 Å². The van der Waals surface area contributed by atoms with Gasteiger partial charge in [0.1, 0.15) is 17.6 Å². The highest BCUT2D eigenvalue weighted by Crippen LogP contribution is 2.19. The summed E-state index contributed by atoms with van der Waals surface area (Å²) < 4.78 is 23.4. The van der Waals surface area contributed by atoms with Crippen LogP contribution in [0.5, 0.6) is 0 Å². The molecule has 1 atom stereocenters. The Kier molecular flexibility index (Phi) is 4.78. The number of benzene rings is 1. The topological polar surface area (TPSA) is 84.4 Å². The minimum atomic E-state index is -0.478. The molecule has 0 bridgehead atoms. The molecular weight excluding hydrogens is 327 g/mol. The highest BCUT2D eigenvalue weighted by molar-refractivity contribution is 5.74. The highest BCUT2D eigenvalue weighted by Gasteiger charge is 2.19. The van der Waals surface area contributed by atoms with Crippen LogP contribution in [-0.2, 0) is 6.54 Å². The molecule has 130 valence electrons. The molecule has 0 radical (unpaired) electrons. The Bertz CT molecular complexity index is 830. The number of hydrogen-bond acceptors (Lipinski definition) is 5. The summed E-state index contributed by atoms with van der Waals surface area (Å²) in [6.07, 6.45) is 1.55. The van der Waals surface area contributed by atoms with Gasteiger partial charge in [0.15, 0.2) is 0 Å². The van der Waals surface area contributed by atoms with Gasteiger partial charge >= 0.3 is 6.03 Å². The number of hydrogen-bond donors (Lipinski definition) is 1. The first kappa shape index (κ1) is 16.7. The summed E-state index contributed by atoms with van der Waals surface area (Å²) in [5.74, 6) is 0.938. The maximum absolute atomic E-state index is 13.0. The normalized spacial score (nSPS) is 12.0. The van der Waals surface area contributed by atoms with Gasteiger partial charge in [-0.3, -0.25) is 0 Å². The average molecular weight is 344 g/mol. The van der Waals surface area contributed by atoms with E-state index in [9.17, 15) is 9.18 Å². The highest BCUT2D eigenvalue weighted by atomic mass is 19.1. The molecule has 0 aliphatic carbocycles. The van der Waals surface area contributed by atoms with Gasteiger partial charge in [0.2, 0.25) is 11.7 Å². The predicted molar refractivity (Wildman–Crippen MR) is 86.8 cm³/mol. The van der Waals surface area contributed by atoms with Crippen LogP contribution >= 0.6 is 0 Å². The minimum absolute atomic E-state index is 0.263. The number of amides is 2. The number of rotatable bonds is 5. The van der Waals surface area contributed by atoms with Crippen LogP contribution < -0.4 is 5.32 Å². The molecule has 1 aromatic carbocycles. The van der Waals surface area contributed by atoms with Gasteiger partial charge in [-0.1, -0.05) is 5.16 Å². The average Bonchev–Trinajstić information content (AvgIpc) is 3.27. The molecule has 0 saturated heterocycles. The molecule has 1 N–H and O–H groups in total. The van der Waals surface area contributed by atoms with Crippen molar-refractivity contribution in [2.24, 2.45) is 0 Å². The van der Waals surface area contributed by atoms with E-state index in [0.717, 1.165) is 0 Å². The van der Waals surface area contributed by atoms with Gasteiger partial charge in [0.05, 0.1) is 12.8 Å². The van der Waals surface area contributed by atoms with E-state index in [1.54, 1.807) is 44.5 Å². The summed E-state index contributed by atoms with van der Waals surface area (Å²) in [4.78, 5) is 17.9. The number of aromatic nitrogens is 2. The van der Waals surface area contributed by atoms with Gasteiger partial charge in [-0.25, -0.2) is 9.18 Å². The third kappa shape index (κ3) is 4.03. The first-order chi connectivity index (χ1) is 12.0. The molecular formula is C17H17FN4O3. The monoisotopic (exact) mass is 344 g/mol. The zero-order valence-electron chi connectivity index (χ0n) is 13.8. The van der Waals surface area contributed by atoms with E-state index in [0.29, 0.717) is 23.7 Å². The Morgan fingerprint density at radius 3 is 2.76 bits per heavy atom. The quantitative estimate of drug-likeness (QED) is 0.767. The van der Waals surface area contributed by atoms with Crippen LogP contribution in [0.4, 0.5) is 9.18 Å². The standard InChI is InChI=1S/C17H17FN4O3/c1-11(19-17(23)22(2)10-14-4-3-9-24-14)16-20-15(21-25-16)12-5-7-13(18)8-6-12/h3-9,11H,10H2,1-2H3,(H,19,23)/t11-/m1/s1. The van der Waals surface area contributed by atoms with E-state index in [4.69, 9.17) is 8.94 Å². The molecule has 25 heavy (non-hydrogen) atoms. The number of nitrogens with one attached hydrogen (secondary N) is 1. The van der Waals surface area contributed by atoms with Gasteiger partial charge in [-0.2, -0.15) is 4.98 Å². The second-order valence-corrected chi connectivity index (χ2v) is 5.57. The van der Waals surface area contributed by atoms with E-state index in [2.05, 4.69) is 15.5 Å². The van der Waals surface area contributed by atoms with Crippen molar-refractivity contribution in [3.05, 3.63) is 60.1 Å². The Hall–Kier alpha value is -3.16. The van der Waals surface area contributed by atoms with E-state index < -0.39 is 6.04 Å². The van der Waals surface area contributed by atoms with Gasteiger partial charge in [0.25, 0.3) is 0 Å². The van der Waals surface area contributed by atoms with Gasteiger partial charge in [-0.15, -0.1) is 0 Å². The summed E-state index contributed by atoms with van der Waals surface area (Å²) in [5.41, 5.74) is 0.630. The summed E-state index contributed by atoms with van der Waals surface area (Å²) in [6.45, 7) is 2.08. The fourth-order valence-corrected chi connectivity index (χ4v) is 2.19. The lowest BCUT2D eigenvalue weighted by atomic mass is 10.2. The Morgan fingerprint density at radius 1 is 1.32 bits per heavy atom. The second-order valence-electron chi connectivity index (χ2n) is 5.57. The molecule has 0 saturated carbocycles. The Morgan fingerprint density at radius 2 is 2.08 bits per heavy atom. The molecule has 8 heteroatoms.